The zero-order valence-electron chi connectivity index (χ0n) is 11.9. The fourth-order valence-electron chi connectivity index (χ4n) is 2.47. The van der Waals surface area contributed by atoms with Crippen molar-refractivity contribution >= 4 is 11.4 Å². The topological polar surface area (TPSA) is 44.5 Å². The Morgan fingerprint density at radius 2 is 2.10 bits per heavy atom. The number of nitrogen functional groups attached to an aromatic ring is 1. The van der Waals surface area contributed by atoms with Crippen molar-refractivity contribution in [3.8, 4) is 0 Å². The van der Waals surface area contributed by atoms with Crippen molar-refractivity contribution in [3.05, 3.63) is 23.8 Å². The molecule has 1 aliphatic rings. The van der Waals surface area contributed by atoms with E-state index in [1.165, 1.54) is 6.07 Å². The van der Waals surface area contributed by atoms with Crippen LogP contribution in [0.3, 0.4) is 0 Å². The molecule has 2 rings (SSSR count). The lowest BCUT2D eigenvalue weighted by atomic mass is 10.1. The fraction of sp³-hybridized carbons (Fsp3) is 0.571. The molecule has 1 aromatic rings. The van der Waals surface area contributed by atoms with Crippen LogP contribution >= 0.6 is 0 Å². The van der Waals surface area contributed by atoms with E-state index in [1.54, 1.807) is 12.1 Å². The summed E-state index contributed by atoms with van der Waals surface area (Å²) in [6.07, 6.45) is -2.52. The molecule has 0 saturated carbocycles. The Kier molecular flexibility index (Phi) is 4.77. The van der Waals surface area contributed by atoms with Gasteiger partial charge in [-0.1, -0.05) is 0 Å². The van der Waals surface area contributed by atoms with Crippen molar-refractivity contribution in [1.82, 2.24) is 9.80 Å². The van der Waals surface area contributed by atoms with Crippen LogP contribution in [0, 0.1) is 0 Å². The summed E-state index contributed by atoms with van der Waals surface area (Å²) in [5.41, 5.74) is 6.37. The van der Waals surface area contributed by atoms with Crippen LogP contribution in [-0.4, -0.2) is 56.1 Å². The molecule has 3 N–H and O–H groups in total. The Bertz CT molecular complexity index is 453. The van der Waals surface area contributed by atoms with Crippen LogP contribution in [0.2, 0.25) is 0 Å². The summed E-state index contributed by atoms with van der Waals surface area (Å²) < 4.78 is 26.0. The van der Waals surface area contributed by atoms with Crippen molar-refractivity contribution in [2.75, 3.05) is 51.3 Å². The number of piperazine rings is 1. The molecule has 1 aromatic carbocycles. The van der Waals surface area contributed by atoms with Crippen LogP contribution in [0.1, 0.15) is 12.0 Å². The van der Waals surface area contributed by atoms with E-state index < -0.39 is 6.43 Å². The first kappa shape index (κ1) is 15.0. The van der Waals surface area contributed by atoms with Crippen LogP contribution in [0.15, 0.2) is 18.2 Å². The molecule has 0 bridgehead atoms. The van der Waals surface area contributed by atoms with Gasteiger partial charge in [-0.05, 0) is 32.3 Å². The van der Waals surface area contributed by atoms with Crippen LogP contribution in [0.25, 0.3) is 0 Å². The monoisotopic (exact) mass is 284 g/mol. The summed E-state index contributed by atoms with van der Waals surface area (Å²) in [6, 6.07) is 4.93. The number of nitrogens with zero attached hydrogens (tertiary/aromatic N) is 2. The maximum absolute atomic E-state index is 13.0. The van der Waals surface area contributed by atoms with E-state index in [9.17, 15) is 8.78 Å². The molecular weight excluding hydrogens is 262 g/mol. The third-order valence-electron chi connectivity index (χ3n) is 3.82. The van der Waals surface area contributed by atoms with Gasteiger partial charge in [0.1, 0.15) is 0 Å². The van der Waals surface area contributed by atoms with Gasteiger partial charge in [0.05, 0.1) is 0 Å². The third-order valence-corrected chi connectivity index (χ3v) is 3.82. The third kappa shape index (κ3) is 3.58. The number of likely N-dealkylation sites (N-methyl/N-ethyl adjacent to an activating group) is 2. The van der Waals surface area contributed by atoms with Crippen LogP contribution in [0.4, 0.5) is 20.2 Å². The Hall–Kier alpha value is -1.40. The maximum atomic E-state index is 13.0. The molecular formula is C14H22F2N4. The molecule has 1 heterocycles. The summed E-state index contributed by atoms with van der Waals surface area (Å²) >= 11 is 0. The first-order chi connectivity index (χ1) is 9.47. The number of alkyl halides is 2. The minimum atomic E-state index is -2.52. The Balaban J connectivity index is 2.03. The minimum absolute atomic E-state index is 0.0307. The second-order valence-electron chi connectivity index (χ2n) is 5.42. The molecule has 1 fully saturated rings. The summed E-state index contributed by atoms with van der Waals surface area (Å²) in [6.45, 7) is 3.61. The summed E-state index contributed by atoms with van der Waals surface area (Å²) in [4.78, 5) is 4.51. The molecule has 0 spiro atoms. The van der Waals surface area contributed by atoms with Gasteiger partial charge >= 0.3 is 0 Å². The number of nitrogens with one attached hydrogen (secondary N) is 1. The molecule has 0 radical (unpaired) electrons. The molecule has 112 valence electrons. The summed E-state index contributed by atoms with van der Waals surface area (Å²) in [5.74, 6) is 0. The van der Waals surface area contributed by atoms with Gasteiger partial charge in [-0.15, -0.1) is 0 Å². The van der Waals surface area contributed by atoms with E-state index in [0.717, 1.165) is 19.6 Å². The molecule has 1 aliphatic heterocycles. The predicted molar refractivity (Wildman–Crippen MR) is 78.2 cm³/mol. The molecule has 0 amide bonds. The van der Waals surface area contributed by atoms with E-state index in [2.05, 4.69) is 29.2 Å². The highest BCUT2D eigenvalue weighted by molar-refractivity contribution is 5.58. The molecule has 1 atom stereocenters. The SMILES string of the molecule is CN1CCN(C)C(CNc2ccc(N)cc2C(F)F)C1. The van der Waals surface area contributed by atoms with E-state index in [4.69, 9.17) is 5.73 Å². The van der Waals surface area contributed by atoms with Crippen molar-refractivity contribution in [3.63, 3.8) is 0 Å². The van der Waals surface area contributed by atoms with Crippen molar-refractivity contribution in [1.29, 1.82) is 0 Å². The van der Waals surface area contributed by atoms with E-state index >= 15 is 0 Å². The van der Waals surface area contributed by atoms with Gasteiger partial charge in [-0.3, -0.25) is 4.90 Å². The van der Waals surface area contributed by atoms with E-state index in [1.807, 2.05) is 0 Å². The Morgan fingerprint density at radius 1 is 1.35 bits per heavy atom. The Morgan fingerprint density at radius 3 is 2.80 bits per heavy atom. The molecule has 1 saturated heterocycles. The van der Waals surface area contributed by atoms with Gasteiger partial charge in [-0.25, -0.2) is 8.78 Å². The average molecular weight is 284 g/mol. The smallest absolute Gasteiger partial charge is 0.265 e. The minimum Gasteiger partial charge on any atom is -0.399 e. The molecule has 0 aromatic heterocycles. The number of anilines is 2. The first-order valence-corrected chi connectivity index (χ1v) is 6.77. The second kappa shape index (κ2) is 6.37. The number of hydrogen-bond donors (Lipinski definition) is 2. The predicted octanol–water partition coefficient (Wildman–Crippen LogP) is 1.86. The molecule has 20 heavy (non-hydrogen) atoms. The number of halogens is 2. The van der Waals surface area contributed by atoms with Gasteiger partial charge in [0.2, 0.25) is 0 Å². The standard InChI is InChI=1S/C14H22F2N4/c1-19-5-6-20(2)11(9-19)8-18-13-4-3-10(17)7-12(13)14(15)16/h3-4,7,11,14,18H,5-6,8-9,17H2,1-2H3. The van der Waals surface area contributed by atoms with Crippen LogP contribution in [0.5, 0.6) is 0 Å². The normalized spacial score (nSPS) is 21.4. The van der Waals surface area contributed by atoms with Gasteiger partial charge in [-0.2, -0.15) is 0 Å². The van der Waals surface area contributed by atoms with E-state index in [-0.39, 0.29) is 5.56 Å². The highest BCUT2D eigenvalue weighted by Crippen LogP contribution is 2.29. The highest BCUT2D eigenvalue weighted by atomic mass is 19.3. The lowest BCUT2D eigenvalue weighted by Gasteiger charge is -2.38. The van der Waals surface area contributed by atoms with Gasteiger partial charge in [0.25, 0.3) is 6.43 Å². The van der Waals surface area contributed by atoms with Gasteiger partial charge < -0.3 is 16.0 Å². The van der Waals surface area contributed by atoms with Crippen LogP contribution in [-0.2, 0) is 0 Å². The lowest BCUT2D eigenvalue weighted by molar-refractivity contribution is 0.121. The number of hydrogen-bond acceptors (Lipinski definition) is 4. The van der Waals surface area contributed by atoms with Gasteiger partial charge in [0, 0.05) is 49.2 Å². The largest absolute Gasteiger partial charge is 0.399 e. The average Bonchev–Trinajstić information content (AvgIpc) is 2.40. The summed E-state index contributed by atoms with van der Waals surface area (Å²) in [7, 11) is 4.14. The van der Waals surface area contributed by atoms with Crippen molar-refractivity contribution in [2.45, 2.75) is 12.5 Å². The van der Waals surface area contributed by atoms with Gasteiger partial charge in [0.15, 0.2) is 0 Å². The lowest BCUT2D eigenvalue weighted by Crippen LogP contribution is -2.52. The number of nitrogens with two attached hydrogens (primary N) is 1. The molecule has 6 heteroatoms. The zero-order chi connectivity index (χ0) is 14.7. The number of rotatable bonds is 4. The molecule has 0 aliphatic carbocycles. The maximum Gasteiger partial charge on any atom is 0.265 e. The zero-order valence-corrected chi connectivity index (χ0v) is 11.9. The molecule has 1 unspecified atom stereocenters. The van der Waals surface area contributed by atoms with Crippen LogP contribution < -0.4 is 11.1 Å². The molecule has 4 nitrogen and oxygen atoms in total. The van der Waals surface area contributed by atoms with Crippen molar-refractivity contribution in [2.24, 2.45) is 0 Å². The highest BCUT2D eigenvalue weighted by Gasteiger charge is 2.22. The second-order valence-corrected chi connectivity index (χ2v) is 5.42. The van der Waals surface area contributed by atoms with E-state index in [0.29, 0.717) is 24.0 Å². The quantitative estimate of drug-likeness (QED) is 0.829. The summed E-state index contributed by atoms with van der Waals surface area (Å²) in [5, 5.41) is 3.14. The Labute approximate surface area is 118 Å². The first-order valence-electron chi connectivity index (χ1n) is 6.77. The van der Waals surface area contributed by atoms with Crippen molar-refractivity contribution < 1.29 is 8.78 Å². The fourth-order valence-corrected chi connectivity index (χ4v) is 2.47. The number of benzene rings is 1.